The molecule has 0 saturated heterocycles. The topological polar surface area (TPSA) is 69.6 Å². The van der Waals surface area contributed by atoms with Crippen LogP contribution in [0.15, 0.2) is 33.9 Å². The maximum Gasteiger partial charge on any atom is 0.273 e. The zero-order valence-electron chi connectivity index (χ0n) is 9.78. The van der Waals surface area contributed by atoms with Crippen LogP contribution in [-0.4, -0.2) is 25.2 Å². The number of aromatic nitrogens is 5. The van der Waals surface area contributed by atoms with E-state index in [1.165, 1.54) is 0 Å². The van der Waals surface area contributed by atoms with Crippen LogP contribution < -0.4 is 0 Å². The summed E-state index contributed by atoms with van der Waals surface area (Å²) < 4.78 is 6.85. The Morgan fingerprint density at radius 1 is 1.21 bits per heavy atom. The van der Waals surface area contributed by atoms with Gasteiger partial charge in [0, 0.05) is 0 Å². The van der Waals surface area contributed by atoms with E-state index in [-0.39, 0.29) is 11.1 Å². The van der Waals surface area contributed by atoms with Gasteiger partial charge in [-0.1, -0.05) is 41.6 Å². The molecule has 8 heteroatoms. The van der Waals surface area contributed by atoms with Gasteiger partial charge in [0.05, 0.1) is 16.4 Å². The van der Waals surface area contributed by atoms with E-state index in [1.807, 2.05) is 25.1 Å². The Bertz CT molecular complexity index is 738. The lowest BCUT2D eigenvalue weighted by molar-refractivity contribution is 0.466. The van der Waals surface area contributed by atoms with E-state index >= 15 is 0 Å². The molecule has 0 spiro atoms. The molecule has 2 heterocycles. The second-order valence-electron chi connectivity index (χ2n) is 3.78. The number of thiol groups is 1. The van der Waals surface area contributed by atoms with Crippen LogP contribution in [0.3, 0.4) is 0 Å². The van der Waals surface area contributed by atoms with Gasteiger partial charge in [-0.2, -0.15) is 0 Å². The van der Waals surface area contributed by atoms with Crippen LogP contribution in [0.4, 0.5) is 0 Å². The molecule has 0 radical (unpaired) electrons. The summed E-state index contributed by atoms with van der Waals surface area (Å²) in [5.74, 6) is 0.279. The maximum absolute atomic E-state index is 6.14. The monoisotopic (exact) mass is 293 g/mol. The summed E-state index contributed by atoms with van der Waals surface area (Å²) in [5, 5.41) is 16.4. The molecule has 0 bridgehead atoms. The van der Waals surface area contributed by atoms with Crippen LogP contribution in [0.1, 0.15) is 5.69 Å². The zero-order valence-corrected chi connectivity index (χ0v) is 11.4. The average molecular weight is 294 g/mol. The van der Waals surface area contributed by atoms with Gasteiger partial charge in [-0.3, -0.25) is 0 Å². The Labute approximate surface area is 118 Å². The van der Waals surface area contributed by atoms with E-state index in [1.54, 1.807) is 10.7 Å². The molecule has 0 unspecified atom stereocenters. The molecular formula is C11H8ClN5OS. The number of halogens is 1. The molecule has 1 aromatic carbocycles. The lowest BCUT2D eigenvalue weighted by Gasteiger charge is -2.04. The van der Waals surface area contributed by atoms with Gasteiger partial charge in [0.25, 0.3) is 11.1 Å². The third-order valence-corrected chi connectivity index (χ3v) is 3.09. The third-order valence-electron chi connectivity index (χ3n) is 2.59. The van der Waals surface area contributed by atoms with Crippen molar-refractivity contribution in [3.63, 3.8) is 0 Å². The first-order valence-corrected chi connectivity index (χ1v) is 6.19. The fourth-order valence-electron chi connectivity index (χ4n) is 1.69. The van der Waals surface area contributed by atoms with Gasteiger partial charge < -0.3 is 4.42 Å². The molecule has 19 heavy (non-hydrogen) atoms. The minimum atomic E-state index is 0.182. The van der Waals surface area contributed by atoms with Gasteiger partial charge in [-0.25, -0.2) is 4.68 Å². The molecule has 0 saturated carbocycles. The lowest BCUT2D eigenvalue weighted by atomic mass is 10.3. The Kier molecular flexibility index (Phi) is 3.00. The molecule has 0 aliphatic heterocycles. The second kappa shape index (κ2) is 4.67. The number of para-hydroxylation sites is 1. The molecule has 0 fully saturated rings. The first-order valence-electron chi connectivity index (χ1n) is 5.37. The molecule has 6 nitrogen and oxygen atoms in total. The standard InChI is InChI=1S/C11H8ClN5OS/c1-6-9(10-14-15-11(19)18-10)13-16-17(6)8-5-3-2-4-7(8)12/h2-5H,1H3,(H,15,19). The van der Waals surface area contributed by atoms with Crippen molar-refractivity contribution in [2.45, 2.75) is 12.1 Å². The van der Waals surface area contributed by atoms with Crippen LogP contribution >= 0.6 is 24.2 Å². The van der Waals surface area contributed by atoms with E-state index < -0.39 is 0 Å². The van der Waals surface area contributed by atoms with E-state index in [0.717, 1.165) is 11.4 Å². The molecular weight excluding hydrogens is 286 g/mol. The highest BCUT2D eigenvalue weighted by molar-refractivity contribution is 7.80. The van der Waals surface area contributed by atoms with Crippen molar-refractivity contribution in [2.24, 2.45) is 0 Å². The minimum absolute atomic E-state index is 0.182. The smallest absolute Gasteiger partial charge is 0.273 e. The van der Waals surface area contributed by atoms with Crippen molar-refractivity contribution in [1.29, 1.82) is 0 Å². The van der Waals surface area contributed by atoms with E-state index in [9.17, 15) is 0 Å². The van der Waals surface area contributed by atoms with Crippen molar-refractivity contribution in [3.05, 3.63) is 35.0 Å². The SMILES string of the molecule is Cc1c(-c2nnc(S)o2)nnn1-c1ccccc1Cl. The normalized spacial score (nSPS) is 10.9. The molecule has 3 rings (SSSR count). The van der Waals surface area contributed by atoms with E-state index in [4.69, 9.17) is 16.0 Å². The van der Waals surface area contributed by atoms with Gasteiger partial charge in [0.15, 0.2) is 5.69 Å². The molecule has 2 aromatic heterocycles. The van der Waals surface area contributed by atoms with E-state index in [2.05, 4.69) is 33.1 Å². The van der Waals surface area contributed by atoms with Crippen LogP contribution in [0.25, 0.3) is 17.3 Å². The predicted octanol–water partition coefficient (Wildman–Crippen LogP) is 2.57. The molecule has 0 atom stereocenters. The number of benzene rings is 1. The summed E-state index contributed by atoms with van der Waals surface area (Å²) >= 11 is 10.1. The number of hydrogen-bond acceptors (Lipinski definition) is 6. The minimum Gasteiger partial charge on any atom is -0.410 e. The number of hydrogen-bond donors (Lipinski definition) is 1. The first-order chi connectivity index (χ1) is 9.16. The maximum atomic E-state index is 6.14. The molecule has 0 amide bonds. The van der Waals surface area contributed by atoms with Crippen molar-refractivity contribution in [1.82, 2.24) is 25.2 Å². The Morgan fingerprint density at radius 3 is 2.68 bits per heavy atom. The van der Waals surface area contributed by atoms with Crippen LogP contribution in [0, 0.1) is 6.92 Å². The summed E-state index contributed by atoms with van der Waals surface area (Å²) in [7, 11) is 0. The highest BCUT2D eigenvalue weighted by Gasteiger charge is 2.18. The zero-order chi connectivity index (χ0) is 13.4. The van der Waals surface area contributed by atoms with Crippen LogP contribution in [0.5, 0.6) is 0 Å². The summed E-state index contributed by atoms with van der Waals surface area (Å²) in [5.41, 5.74) is 2.00. The van der Waals surface area contributed by atoms with Crippen molar-refractivity contribution in [3.8, 4) is 17.3 Å². The van der Waals surface area contributed by atoms with Gasteiger partial charge in [-0.15, -0.1) is 15.3 Å². The van der Waals surface area contributed by atoms with Crippen molar-refractivity contribution >= 4 is 24.2 Å². The Hall–Kier alpha value is -1.86. The highest BCUT2D eigenvalue weighted by atomic mass is 35.5. The second-order valence-corrected chi connectivity index (χ2v) is 4.57. The van der Waals surface area contributed by atoms with Crippen LogP contribution in [0.2, 0.25) is 5.02 Å². The lowest BCUT2D eigenvalue weighted by Crippen LogP contribution is -1.99. The fourth-order valence-corrected chi connectivity index (χ4v) is 2.04. The first kappa shape index (κ1) is 12.2. The van der Waals surface area contributed by atoms with Crippen molar-refractivity contribution in [2.75, 3.05) is 0 Å². The van der Waals surface area contributed by atoms with E-state index in [0.29, 0.717) is 10.7 Å². The molecule has 0 N–H and O–H groups in total. The summed E-state index contributed by atoms with van der Waals surface area (Å²) in [6.07, 6.45) is 0. The summed E-state index contributed by atoms with van der Waals surface area (Å²) in [4.78, 5) is 0. The highest BCUT2D eigenvalue weighted by Crippen LogP contribution is 2.25. The largest absolute Gasteiger partial charge is 0.410 e. The van der Waals surface area contributed by atoms with Gasteiger partial charge in [-0.05, 0) is 19.1 Å². The summed E-state index contributed by atoms with van der Waals surface area (Å²) in [6, 6.07) is 7.37. The molecule has 3 aromatic rings. The fraction of sp³-hybridized carbons (Fsp3) is 0.0909. The summed E-state index contributed by atoms with van der Waals surface area (Å²) in [6.45, 7) is 1.85. The third kappa shape index (κ3) is 2.11. The molecule has 0 aliphatic carbocycles. The van der Waals surface area contributed by atoms with Crippen LogP contribution in [-0.2, 0) is 0 Å². The number of nitrogens with zero attached hydrogens (tertiary/aromatic N) is 5. The number of rotatable bonds is 2. The molecule has 96 valence electrons. The van der Waals surface area contributed by atoms with Gasteiger partial charge in [0.1, 0.15) is 0 Å². The predicted molar refractivity (Wildman–Crippen MR) is 71.7 cm³/mol. The Morgan fingerprint density at radius 2 is 2.00 bits per heavy atom. The average Bonchev–Trinajstić information content (AvgIpc) is 2.97. The van der Waals surface area contributed by atoms with Crippen molar-refractivity contribution < 1.29 is 4.42 Å². The van der Waals surface area contributed by atoms with Gasteiger partial charge in [0.2, 0.25) is 0 Å². The quantitative estimate of drug-likeness (QED) is 0.735. The Balaban J connectivity index is 2.12. The van der Waals surface area contributed by atoms with Gasteiger partial charge >= 0.3 is 0 Å². The molecule has 0 aliphatic rings.